The third-order valence-electron chi connectivity index (χ3n) is 4.21. The van der Waals surface area contributed by atoms with Crippen LogP contribution in [0.3, 0.4) is 0 Å². The lowest BCUT2D eigenvalue weighted by atomic mass is 10.1. The fourth-order valence-corrected chi connectivity index (χ4v) is 3.42. The Balaban J connectivity index is 1.89. The van der Waals surface area contributed by atoms with Crippen LogP contribution >= 0.6 is 11.3 Å². The Hall–Kier alpha value is -3.38. The van der Waals surface area contributed by atoms with Crippen molar-refractivity contribution in [1.29, 1.82) is 0 Å². The van der Waals surface area contributed by atoms with Gasteiger partial charge >= 0.3 is 0 Å². The van der Waals surface area contributed by atoms with Crippen molar-refractivity contribution in [3.63, 3.8) is 0 Å². The molecule has 5 nitrogen and oxygen atoms in total. The van der Waals surface area contributed by atoms with E-state index >= 15 is 0 Å². The number of amides is 2. The molecule has 0 spiro atoms. The first-order valence-corrected chi connectivity index (χ1v) is 9.93. The zero-order chi connectivity index (χ0) is 20.8. The van der Waals surface area contributed by atoms with E-state index in [2.05, 4.69) is 10.6 Å². The molecule has 0 atom stereocenters. The molecule has 29 heavy (non-hydrogen) atoms. The molecular weight excluding hydrogens is 384 g/mol. The largest absolute Gasteiger partial charge is 0.495 e. The number of hydrogen-bond donors (Lipinski definition) is 2. The van der Waals surface area contributed by atoms with Crippen LogP contribution in [0.5, 0.6) is 5.75 Å². The van der Waals surface area contributed by atoms with Crippen molar-refractivity contribution in [2.45, 2.75) is 13.8 Å². The van der Waals surface area contributed by atoms with Gasteiger partial charge in [-0.2, -0.15) is 0 Å². The standard InChI is InChI=1S/C23H22N2O3S/c1-15-6-4-7-17(12-15)22(26)25-20(14-18-8-5-11-29-18)23(27)24-19-13-16(2)9-10-21(19)28-3/h4-14H,1-3H3,(H,24,27)(H,25,26)/b20-14-. The maximum Gasteiger partial charge on any atom is 0.272 e. The molecule has 0 aliphatic rings. The molecule has 3 aromatic rings. The fraction of sp³-hybridized carbons (Fsp3) is 0.130. The molecule has 2 amide bonds. The summed E-state index contributed by atoms with van der Waals surface area (Å²) >= 11 is 1.48. The summed E-state index contributed by atoms with van der Waals surface area (Å²) in [5.74, 6) is -0.226. The molecular formula is C23H22N2O3S. The van der Waals surface area contributed by atoms with E-state index in [1.807, 2.05) is 55.6 Å². The predicted octanol–water partition coefficient (Wildman–Crippen LogP) is 4.78. The van der Waals surface area contributed by atoms with Gasteiger partial charge in [-0.3, -0.25) is 9.59 Å². The molecule has 0 saturated heterocycles. The molecule has 0 bridgehead atoms. The first-order valence-electron chi connectivity index (χ1n) is 9.05. The molecule has 3 rings (SSSR count). The number of carbonyl (C=O) groups is 2. The maximum absolute atomic E-state index is 13.0. The Morgan fingerprint density at radius 3 is 2.48 bits per heavy atom. The lowest BCUT2D eigenvalue weighted by molar-refractivity contribution is -0.113. The average Bonchev–Trinajstić information content (AvgIpc) is 3.20. The molecule has 6 heteroatoms. The van der Waals surface area contributed by atoms with E-state index < -0.39 is 5.91 Å². The van der Waals surface area contributed by atoms with Gasteiger partial charge in [-0.15, -0.1) is 11.3 Å². The van der Waals surface area contributed by atoms with Gasteiger partial charge in [-0.25, -0.2) is 0 Å². The summed E-state index contributed by atoms with van der Waals surface area (Å²) in [5.41, 5.74) is 3.13. The zero-order valence-electron chi connectivity index (χ0n) is 16.5. The van der Waals surface area contributed by atoms with Gasteiger partial charge in [0.1, 0.15) is 11.4 Å². The van der Waals surface area contributed by atoms with Crippen LogP contribution in [0, 0.1) is 13.8 Å². The number of ether oxygens (including phenoxy) is 1. The number of benzene rings is 2. The lowest BCUT2D eigenvalue weighted by Crippen LogP contribution is -2.30. The Kier molecular flexibility index (Phi) is 6.46. The minimum Gasteiger partial charge on any atom is -0.495 e. The van der Waals surface area contributed by atoms with E-state index in [9.17, 15) is 9.59 Å². The first kappa shape index (κ1) is 20.4. The highest BCUT2D eigenvalue weighted by Gasteiger charge is 2.17. The van der Waals surface area contributed by atoms with Crippen molar-refractivity contribution < 1.29 is 14.3 Å². The number of carbonyl (C=O) groups excluding carboxylic acids is 2. The summed E-state index contributed by atoms with van der Waals surface area (Å²) in [7, 11) is 1.54. The molecule has 0 aliphatic heterocycles. The van der Waals surface area contributed by atoms with Crippen molar-refractivity contribution in [3.8, 4) is 5.75 Å². The Morgan fingerprint density at radius 1 is 1.00 bits per heavy atom. The summed E-state index contributed by atoms with van der Waals surface area (Å²) < 4.78 is 5.33. The molecule has 1 heterocycles. The fourth-order valence-electron chi connectivity index (χ4n) is 2.76. The van der Waals surface area contributed by atoms with Gasteiger partial charge in [0.15, 0.2) is 0 Å². The van der Waals surface area contributed by atoms with E-state index in [0.29, 0.717) is 17.0 Å². The van der Waals surface area contributed by atoms with Gasteiger partial charge in [-0.1, -0.05) is 29.8 Å². The van der Waals surface area contributed by atoms with Gasteiger partial charge in [0.2, 0.25) is 0 Å². The molecule has 0 saturated carbocycles. The lowest BCUT2D eigenvalue weighted by Gasteiger charge is -2.14. The van der Waals surface area contributed by atoms with E-state index in [-0.39, 0.29) is 11.6 Å². The molecule has 148 valence electrons. The topological polar surface area (TPSA) is 67.4 Å². The monoisotopic (exact) mass is 406 g/mol. The van der Waals surface area contributed by atoms with Crippen LogP contribution in [0.15, 0.2) is 65.7 Å². The summed E-state index contributed by atoms with van der Waals surface area (Å²) in [4.78, 5) is 26.6. The van der Waals surface area contributed by atoms with Gasteiger partial charge < -0.3 is 15.4 Å². The van der Waals surface area contributed by atoms with Crippen molar-refractivity contribution in [2.24, 2.45) is 0 Å². The van der Waals surface area contributed by atoms with Crippen molar-refractivity contribution in [1.82, 2.24) is 5.32 Å². The minimum absolute atomic E-state index is 0.155. The van der Waals surface area contributed by atoms with Crippen LogP contribution in [-0.2, 0) is 4.79 Å². The number of nitrogens with one attached hydrogen (secondary N) is 2. The Bertz CT molecular complexity index is 1060. The second kappa shape index (κ2) is 9.21. The van der Waals surface area contributed by atoms with Gasteiger partial charge in [0.25, 0.3) is 11.8 Å². The van der Waals surface area contributed by atoms with Crippen molar-refractivity contribution in [2.75, 3.05) is 12.4 Å². The van der Waals surface area contributed by atoms with E-state index in [1.165, 1.54) is 11.3 Å². The van der Waals surface area contributed by atoms with E-state index in [1.54, 1.807) is 31.4 Å². The number of anilines is 1. The smallest absolute Gasteiger partial charge is 0.272 e. The van der Waals surface area contributed by atoms with Crippen LogP contribution in [0.25, 0.3) is 6.08 Å². The number of thiophene rings is 1. The van der Waals surface area contributed by atoms with Crippen LogP contribution in [0.4, 0.5) is 5.69 Å². The highest BCUT2D eigenvalue weighted by atomic mass is 32.1. The van der Waals surface area contributed by atoms with Crippen LogP contribution in [0.1, 0.15) is 26.4 Å². The molecule has 2 N–H and O–H groups in total. The molecule has 0 unspecified atom stereocenters. The first-order chi connectivity index (χ1) is 14.0. The van der Waals surface area contributed by atoms with E-state index in [0.717, 1.165) is 16.0 Å². The predicted molar refractivity (Wildman–Crippen MR) is 117 cm³/mol. The molecule has 1 aromatic heterocycles. The molecule has 2 aromatic carbocycles. The zero-order valence-corrected chi connectivity index (χ0v) is 17.3. The Morgan fingerprint density at radius 2 is 1.79 bits per heavy atom. The number of methoxy groups -OCH3 is 1. The highest BCUT2D eigenvalue weighted by molar-refractivity contribution is 7.10. The Labute approximate surface area is 174 Å². The number of aryl methyl sites for hydroxylation is 2. The van der Waals surface area contributed by atoms with Gasteiger partial charge in [0, 0.05) is 10.4 Å². The van der Waals surface area contributed by atoms with Crippen LogP contribution in [0.2, 0.25) is 0 Å². The second-order valence-electron chi connectivity index (χ2n) is 6.55. The van der Waals surface area contributed by atoms with Gasteiger partial charge in [-0.05, 0) is 61.2 Å². The highest BCUT2D eigenvalue weighted by Crippen LogP contribution is 2.26. The van der Waals surface area contributed by atoms with Crippen molar-refractivity contribution >= 4 is 34.9 Å². The number of rotatable bonds is 6. The summed E-state index contributed by atoms with van der Waals surface area (Å²) in [6.07, 6.45) is 1.66. The molecule has 0 aliphatic carbocycles. The quantitative estimate of drug-likeness (QED) is 0.579. The molecule has 0 fully saturated rings. The SMILES string of the molecule is COc1ccc(C)cc1NC(=O)/C(=C/c1cccs1)NC(=O)c1cccc(C)c1. The summed E-state index contributed by atoms with van der Waals surface area (Å²) in [5, 5.41) is 7.50. The number of hydrogen-bond acceptors (Lipinski definition) is 4. The maximum atomic E-state index is 13.0. The minimum atomic E-state index is -0.427. The average molecular weight is 407 g/mol. The van der Waals surface area contributed by atoms with Crippen molar-refractivity contribution in [3.05, 3.63) is 87.2 Å². The van der Waals surface area contributed by atoms with Crippen LogP contribution < -0.4 is 15.4 Å². The molecule has 0 radical (unpaired) electrons. The third kappa shape index (κ3) is 5.33. The van der Waals surface area contributed by atoms with E-state index in [4.69, 9.17) is 4.74 Å². The normalized spacial score (nSPS) is 11.1. The third-order valence-corrected chi connectivity index (χ3v) is 5.03. The summed E-state index contributed by atoms with van der Waals surface area (Å²) in [6, 6.07) is 16.5. The van der Waals surface area contributed by atoms with Gasteiger partial charge in [0.05, 0.1) is 12.8 Å². The van der Waals surface area contributed by atoms with Crippen LogP contribution in [-0.4, -0.2) is 18.9 Å². The summed E-state index contributed by atoms with van der Waals surface area (Å²) in [6.45, 7) is 3.84. The second-order valence-corrected chi connectivity index (χ2v) is 7.53.